The van der Waals surface area contributed by atoms with E-state index < -0.39 is 24.5 Å². The molecule has 0 spiro atoms. The van der Waals surface area contributed by atoms with Gasteiger partial charge in [0.25, 0.3) is 0 Å². The van der Waals surface area contributed by atoms with Crippen LogP contribution >= 0.6 is 0 Å². The highest BCUT2D eigenvalue weighted by molar-refractivity contribution is 5.78. The van der Waals surface area contributed by atoms with Crippen molar-refractivity contribution in [2.24, 2.45) is 0 Å². The number of carboxylic acids is 1. The third kappa shape index (κ3) is 7.48. The van der Waals surface area contributed by atoms with E-state index in [1.165, 1.54) is 6.29 Å². The lowest BCUT2D eigenvalue weighted by Gasteiger charge is -2.09. The second-order valence-corrected chi connectivity index (χ2v) is 2.90. The zero-order chi connectivity index (χ0) is 11.7. The van der Waals surface area contributed by atoms with Gasteiger partial charge in [0.15, 0.2) is 0 Å². The SMILES string of the molecule is CCCCOC(=O)N[C@H]([C]=O)CC(=O)O. The van der Waals surface area contributed by atoms with Gasteiger partial charge < -0.3 is 15.2 Å². The van der Waals surface area contributed by atoms with Crippen molar-refractivity contribution in [2.45, 2.75) is 32.2 Å². The van der Waals surface area contributed by atoms with Crippen LogP contribution in [0, 0.1) is 0 Å². The van der Waals surface area contributed by atoms with Crippen LogP contribution in [-0.4, -0.2) is 36.1 Å². The van der Waals surface area contributed by atoms with Crippen molar-refractivity contribution in [3.63, 3.8) is 0 Å². The second-order valence-electron chi connectivity index (χ2n) is 2.90. The van der Waals surface area contributed by atoms with Crippen LogP contribution in [-0.2, 0) is 14.3 Å². The molecule has 85 valence electrons. The summed E-state index contributed by atoms with van der Waals surface area (Å²) in [5.41, 5.74) is 0. The molecule has 0 rings (SSSR count). The Bertz CT molecular complexity index is 229. The molecule has 1 amide bonds. The maximum absolute atomic E-state index is 11.0. The van der Waals surface area contributed by atoms with Gasteiger partial charge in [-0.3, -0.25) is 9.59 Å². The van der Waals surface area contributed by atoms with E-state index in [1.54, 1.807) is 0 Å². The Kier molecular flexibility index (Phi) is 6.96. The predicted octanol–water partition coefficient (Wildman–Crippen LogP) is 0.466. The van der Waals surface area contributed by atoms with Crippen LogP contribution < -0.4 is 5.32 Å². The van der Waals surface area contributed by atoms with Crippen molar-refractivity contribution in [2.75, 3.05) is 6.61 Å². The van der Waals surface area contributed by atoms with E-state index in [-0.39, 0.29) is 6.61 Å². The molecule has 0 saturated carbocycles. The Morgan fingerprint density at radius 1 is 1.53 bits per heavy atom. The topological polar surface area (TPSA) is 92.7 Å². The van der Waals surface area contributed by atoms with Gasteiger partial charge in [-0.05, 0) is 6.42 Å². The van der Waals surface area contributed by atoms with E-state index in [0.717, 1.165) is 12.8 Å². The van der Waals surface area contributed by atoms with Gasteiger partial charge in [0.05, 0.1) is 13.0 Å². The molecular formula is C9H14NO5. The Morgan fingerprint density at radius 3 is 2.67 bits per heavy atom. The fourth-order valence-corrected chi connectivity index (χ4v) is 0.790. The van der Waals surface area contributed by atoms with Gasteiger partial charge in [0.1, 0.15) is 6.04 Å². The van der Waals surface area contributed by atoms with Crippen molar-refractivity contribution >= 4 is 18.3 Å². The number of amides is 1. The standard InChI is InChI=1S/C9H14NO5/c1-2-3-4-15-9(14)10-7(6-11)5-8(12)13/h7H,2-5H2,1H3,(H,10,14)(H,12,13)/t7-/m0/s1. The minimum Gasteiger partial charge on any atom is -0.481 e. The summed E-state index contributed by atoms with van der Waals surface area (Å²) in [6, 6.07) is -1.16. The highest BCUT2D eigenvalue weighted by Gasteiger charge is 2.16. The number of carbonyl (C=O) groups is 2. The number of carbonyl (C=O) groups excluding carboxylic acids is 2. The molecular weight excluding hydrogens is 202 g/mol. The molecule has 0 aliphatic heterocycles. The summed E-state index contributed by atoms with van der Waals surface area (Å²) >= 11 is 0. The number of nitrogens with one attached hydrogen (secondary N) is 1. The molecule has 0 aliphatic carbocycles. The molecule has 0 bridgehead atoms. The molecule has 0 heterocycles. The number of aliphatic carboxylic acids is 1. The van der Waals surface area contributed by atoms with Gasteiger partial charge >= 0.3 is 12.1 Å². The molecule has 6 heteroatoms. The fraction of sp³-hybridized carbons (Fsp3) is 0.667. The molecule has 0 saturated heterocycles. The molecule has 0 fully saturated rings. The van der Waals surface area contributed by atoms with Crippen molar-refractivity contribution in [1.29, 1.82) is 0 Å². The molecule has 2 N–H and O–H groups in total. The lowest BCUT2D eigenvalue weighted by Crippen LogP contribution is -2.38. The van der Waals surface area contributed by atoms with Crippen LogP contribution in [0.5, 0.6) is 0 Å². The molecule has 6 nitrogen and oxygen atoms in total. The number of ether oxygens (including phenoxy) is 1. The van der Waals surface area contributed by atoms with E-state index >= 15 is 0 Å². The first-order valence-electron chi connectivity index (χ1n) is 4.63. The first-order valence-corrected chi connectivity index (χ1v) is 4.63. The van der Waals surface area contributed by atoms with E-state index in [0.29, 0.717) is 0 Å². The summed E-state index contributed by atoms with van der Waals surface area (Å²) in [5, 5.41) is 10.5. The van der Waals surface area contributed by atoms with Gasteiger partial charge in [-0.1, -0.05) is 13.3 Å². The molecule has 0 aromatic rings. The van der Waals surface area contributed by atoms with Crippen molar-refractivity contribution < 1.29 is 24.2 Å². The number of hydrogen-bond donors (Lipinski definition) is 2. The molecule has 0 aromatic carbocycles. The fourth-order valence-electron chi connectivity index (χ4n) is 0.790. The maximum atomic E-state index is 11.0. The summed E-state index contributed by atoms with van der Waals surface area (Å²) in [6.45, 7) is 2.19. The first kappa shape index (κ1) is 13.4. The molecule has 0 unspecified atom stereocenters. The Hall–Kier alpha value is -1.59. The van der Waals surface area contributed by atoms with E-state index in [1.807, 2.05) is 6.92 Å². The summed E-state index contributed by atoms with van der Waals surface area (Å²) in [6.07, 6.45) is 1.73. The van der Waals surface area contributed by atoms with Crippen LogP contribution in [0.4, 0.5) is 4.79 Å². The average molecular weight is 216 g/mol. The van der Waals surface area contributed by atoms with E-state index in [2.05, 4.69) is 10.1 Å². The van der Waals surface area contributed by atoms with Crippen molar-refractivity contribution in [3.05, 3.63) is 0 Å². The van der Waals surface area contributed by atoms with Gasteiger partial charge in [-0.2, -0.15) is 0 Å². The van der Waals surface area contributed by atoms with Crippen LogP contribution in [0.25, 0.3) is 0 Å². The largest absolute Gasteiger partial charge is 0.481 e. The van der Waals surface area contributed by atoms with Crippen LogP contribution in [0.1, 0.15) is 26.2 Å². The smallest absolute Gasteiger partial charge is 0.407 e. The molecule has 15 heavy (non-hydrogen) atoms. The second kappa shape index (κ2) is 7.78. The molecule has 0 aliphatic rings. The predicted molar refractivity (Wildman–Crippen MR) is 51.1 cm³/mol. The quantitative estimate of drug-likeness (QED) is 0.603. The Balaban J connectivity index is 3.80. The number of alkyl carbamates (subject to hydrolysis) is 1. The third-order valence-electron chi connectivity index (χ3n) is 1.54. The zero-order valence-electron chi connectivity index (χ0n) is 8.49. The number of hydrogen-bond acceptors (Lipinski definition) is 4. The zero-order valence-corrected chi connectivity index (χ0v) is 8.49. The van der Waals surface area contributed by atoms with Gasteiger partial charge in [0, 0.05) is 0 Å². The summed E-state index contributed by atoms with van der Waals surface area (Å²) in [7, 11) is 0. The van der Waals surface area contributed by atoms with Crippen LogP contribution in [0.2, 0.25) is 0 Å². The van der Waals surface area contributed by atoms with Crippen molar-refractivity contribution in [1.82, 2.24) is 5.32 Å². The lowest BCUT2D eigenvalue weighted by atomic mass is 10.2. The van der Waals surface area contributed by atoms with Gasteiger partial charge in [-0.25, -0.2) is 4.79 Å². The average Bonchev–Trinajstić information content (AvgIpc) is 2.16. The highest BCUT2D eigenvalue weighted by Crippen LogP contribution is 1.92. The summed E-state index contributed by atoms with van der Waals surface area (Å²) < 4.78 is 4.67. The van der Waals surface area contributed by atoms with E-state index in [4.69, 9.17) is 5.11 Å². The summed E-state index contributed by atoms with van der Waals surface area (Å²) in [5.74, 6) is -1.18. The minimum atomic E-state index is -1.18. The van der Waals surface area contributed by atoms with E-state index in [9.17, 15) is 14.4 Å². The van der Waals surface area contributed by atoms with Crippen LogP contribution in [0.15, 0.2) is 0 Å². The molecule has 1 radical (unpaired) electrons. The summed E-state index contributed by atoms with van der Waals surface area (Å²) in [4.78, 5) is 31.5. The monoisotopic (exact) mass is 216 g/mol. The number of unbranched alkanes of at least 4 members (excludes halogenated alkanes) is 1. The Morgan fingerprint density at radius 2 is 2.20 bits per heavy atom. The number of rotatable bonds is 7. The maximum Gasteiger partial charge on any atom is 0.407 e. The normalized spacial score (nSPS) is 11.5. The van der Waals surface area contributed by atoms with Gasteiger partial charge in [-0.15, -0.1) is 0 Å². The lowest BCUT2D eigenvalue weighted by molar-refractivity contribution is -0.137. The first-order chi connectivity index (χ1) is 7.10. The Labute approximate surface area is 87.6 Å². The number of carboxylic acid groups (broad SMARTS) is 1. The van der Waals surface area contributed by atoms with Crippen molar-refractivity contribution in [3.8, 4) is 0 Å². The molecule has 0 aromatic heterocycles. The minimum absolute atomic E-state index is 0.251. The van der Waals surface area contributed by atoms with Gasteiger partial charge in [0.2, 0.25) is 6.29 Å². The highest BCUT2D eigenvalue weighted by atomic mass is 16.5. The third-order valence-corrected chi connectivity index (χ3v) is 1.54. The molecule has 1 atom stereocenters. The van der Waals surface area contributed by atoms with Crippen LogP contribution in [0.3, 0.4) is 0 Å².